The Bertz CT molecular complexity index is 572. The lowest BCUT2D eigenvalue weighted by atomic mass is 10.2. The van der Waals surface area contributed by atoms with Gasteiger partial charge in [0.15, 0.2) is 11.4 Å². The van der Waals surface area contributed by atoms with Crippen molar-refractivity contribution in [1.82, 2.24) is 9.38 Å². The van der Waals surface area contributed by atoms with Gasteiger partial charge >= 0.3 is 0 Å². The summed E-state index contributed by atoms with van der Waals surface area (Å²) in [4.78, 5) is 4.35. The van der Waals surface area contributed by atoms with Crippen molar-refractivity contribution in [3.05, 3.63) is 29.5 Å². The van der Waals surface area contributed by atoms with Gasteiger partial charge in [-0.2, -0.15) is 4.39 Å². The number of hydrogen-bond acceptors (Lipinski definition) is 2. The molecule has 2 aromatic rings. The Morgan fingerprint density at radius 3 is 2.88 bits per heavy atom. The third kappa shape index (κ3) is 1.77. The fourth-order valence-electron chi connectivity index (χ4n) is 2.21. The van der Waals surface area contributed by atoms with Gasteiger partial charge in [0, 0.05) is 18.0 Å². The molecule has 0 aliphatic heterocycles. The van der Waals surface area contributed by atoms with Crippen LogP contribution in [-0.4, -0.2) is 16.5 Å². The molecule has 3 nitrogen and oxygen atoms in total. The molecule has 90 valence electrons. The van der Waals surface area contributed by atoms with Crippen molar-refractivity contribution in [2.24, 2.45) is 5.92 Å². The summed E-state index contributed by atoms with van der Waals surface area (Å²) in [5.41, 5.74) is 2.12. The van der Waals surface area contributed by atoms with Gasteiger partial charge in [0.1, 0.15) is 0 Å². The van der Waals surface area contributed by atoms with E-state index in [0.717, 1.165) is 23.6 Å². The molecule has 1 fully saturated rings. The second kappa shape index (κ2) is 3.72. The summed E-state index contributed by atoms with van der Waals surface area (Å²) in [6.45, 7) is 1.84. The first-order valence-electron chi connectivity index (χ1n) is 5.89. The molecular weight excluding hydrogens is 219 g/mol. The normalized spacial score (nSPS) is 15.5. The van der Waals surface area contributed by atoms with Gasteiger partial charge in [-0.1, -0.05) is 0 Å². The maximum atomic E-state index is 14.1. The quantitative estimate of drug-likeness (QED) is 0.816. The number of aryl methyl sites for hydroxylation is 1. The minimum Gasteiger partial charge on any atom is -0.493 e. The van der Waals surface area contributed by atoms with Crippen LogP contribution in [0.3, 0.4) is 0 Å². The molecule has 0 radical (unpaired) electrons. The maximum Gasteiger partial charge on any atom is 0.208 e. The molecule has 0 saturated heterocycles. The van der Waals surface area contributed by atoms with E-state index in [0.29, 0.717) is 11.4 Å². The SMILES string of the molecule is COc1c(C)cn2cc(CC3CC3)nc2c1F. The summed E-state index contributed by atoms with van der Waals surface area (Å²) in [5.74, 6) is 0.682. The van der Waals surface area contributed by atoms with Gasteiger partial charge in [-0.15, -0.1) is 0 Å². The van der Waals surface area contributed by atoms with Gasteiger partial charge in [0.05, 0.1) is 12.8 Å². The van der Waals surface area contributed by atoms with Gasteiger partial charge in [0.2, 0.25) is 5.82 Å². The Morgan fingerprint density at radius 2 is 2.24 bits per heavy atom. The Kier molecular flexibility index (Phi) is 2.31. The van der Waals surface area contributed by atoms with Crippen molar-refractivity contribution in [1.29, 1.82) is 0 Å². The van der Waals surface area contributed by atoms with Crippen LogP contribution in [0.1, 0.15) is 24.1 Å². The van der Waals surface area contributed by atoms with Gasteiger partial charge < -0.3 is 9.14 Å². The van der Waals surface area contributed by atoms with Crippen molar-refractivity contribution >= 4 is 5.65 Å². The van der Waals surface area contributed by atoms with Crippen molar-refractivity contribution in [2.75, 3.05) is 7.11 Å². The van der Waals surface area contributed by atoms with Crippen molar-refractivity contribution in [3.63, 3.8) is 0 Å². The first-order chi connectivity index (χ1) is 8.19. The molecule has 0 N–H and O–H groups in total. The highest BCUT2D eigenvalue weighted by Gasteiger charge is 2.23. The minimum absolute atomic E-state index is 0.293. The largest absolute Gasteiger partial charge is 0.493 e. The number of rotatable bonds is 3. The van der Waals surface area contributed by atoms with Crippen LogP contribution in [-0.2, 0) is 6.42 Å². The molecule has 0 unspecified atom stereocenters. The van der Waals surface area contributed by atoms with E-state index in [1.807, 2.05) is 19.3 Å². The summed E-state index contributed by atoms with van der Waals surface area (Å²) in [5, 5.41) is 0. The van der Waals surface area contributed by atoms with E-state index >= 15 is 0 Å². The maximum absolute atomic E-state index is 14.1. The molecule has 0 amide bonds. The van der Waals surface area contributed by atoms with E-state index in [2.05, 4.69) is 4.98 Å². The molecule has 4 heteroatoms. The molecule has 2 aromatic heterocycles. The third-order valence-electron chi connectivity index (χ3n) is 3.27. The van der Waals surface area contributed by atoms with E-state index in [1.54, 1.807) is 4.40 Å². The second-order valence-electron chi connectivity index (χ2n) is 4.77. The van der Waals surface area contributed by atoms with E-state index in [9.17, 15) is 4.39 Å². The topological polar surface area (TPSA) is 26.5 Å². The molecule has 0 spiro atoms. The number of ether oxygens (including phenoxy) is 1. The molecule has 0 bridgehead atoms. The third-order valence-corrected chi connectivity index (χ3v) is 3.27. The van der Waals surface area contributed by atoms with Crippen LogP contribution in [0, 0.1) is 18.7 Å². The zero-order valence-corrected chi connectivity index (χ0v) is 10.0. The van der Waals surface area contributed by atoms with Crippen LogP contribution in [0.4, 0.5) is 4.39 Å². The van der Waals surface area contributed by atoms with Crippen LogP contribution < -0.4 is 4.74 Å². The molecule has 3 rings (SSSR count). The molecule has 0 atom stereocenters. The zero-order chi connectivity index (χ0) is 12.0. The zero-order valence-electron chi connectivity index (χ0n) is 10.0. The number of imidazole rings is 1. The predicted molar refractivity (Wildman–Crippen MR) is 62.9 cm³/mol. The number of pyridine rings is 1. The van der Waals surface area contributed by atoms with E-state index in [-0.39, 0.29) is 5.82 Å². The summed E-state index contributed by atoms with van der Waals surface area (Å²) in [7, 11) is 1.48. The van der Waals surface area contributed by atoms with Crippen molar-refractivity contribution in [2.45, 2.75) is 26.2 Å². The van der Waals surface area contributed by atoms with E-state index in [4.69, 9.17) is 4.74 Å². The highest BCUT2D eigenvalue weighted by atomic mass is 19.1. The number of fused-ring (bicyclic) bond motifs is 1. The average molecular weight is 234 g/mol. The summed E-state index contributed by atoms with van der Waals surface area (Å²) < 4.78 is 20.9. The molecule has 1 aliphatic rings. The average Bonchev–Trinajstić information content (AvgIpc) is 2.99. The summed E-state index contributed by atoms with van der Waals surface area (Å²) in [6, 6.07) is 0. The second-order valence-corrected chi connectivity index (χ2v) is 4.77. The lowest BCUT2D eigenvalue weighted by Crippen LogP contribution is -1.97. The number of halogens is 1. The highest BCUT2D eigenvalue weighted by Crippen LogP contribution is 2.33. The molecular formula is C13H15FN2O. The Hall–Kier alpha value is -1.58. The Balaban J connectivity index is 2.10. The first-order valence-corrected chi connectivity index (χ1v) is 5.89. The van der Waals surface area contributed by atoms with Crippen LogP contribution in [0.15, 0.2) is 12.4 Å². The van der Waals surface area contributed by atoms with Gasteiger partial charge in [-0.3, -0.25) is 0 Å². The van der Waals surface area contributed by atoms with Gasteiger partial charge in [0.25, 0.3) is 0 Å². The van der Waals surface area contributed by atoms with Crippen LogP contribution >= 0.6 is 0 Å². The summed E-state index contributed by atoms with van der Waals surface area (Å²) >= 11 is 0. The van der Waals surface area contributed by atoms with Gasteiger partial charge in [-0.05, 0) is 32.1 Å². The Labute approximate surface area is 99.2 Å². The number of nitrogens with zero attached hydrogens (tertiary/aromatic N) is 2. The highest BCUT2D eigenvalue weighted by molar-refractivity contribution is 5.51. The van der Waals surface area contributed by atoms with Crippen molar-refractivity contribution in [3.8, 4) is 5.75 Å². The fraction of sp³-hybridized carbons (Fsp3) is 0.462. The van der Waals surface area contributed by atoms with Gasteiger partial charge in [-0.25, -0.2) is 4.98 Å². The molecule has 2 heterocycles. The molecule has 17 heavy (non-hydrogen) atoms. The summed E-state index contributed by atoms with van der Waals surface area (Å²) in [6.07, 6.45) is 7.30. The number of hydrogen-bond donors (Lipinski definition) is 0. The lowest BCUT2D eigenvalue weighted by Gasteiger charge is -2.06. The molecule has 1 saturated carbocycles. The van der Waals surface area contributed by atoms with Crippen LogP contribution in [0.5, 0.6) is 5.75 Å². The standard InChI is InChI=1S/C13H15FN2O/c1-8-6-16-7-10(5-9-3-4-9)15-13(16)11(14)12(8)17-2/h6-7,9H,3-5H2,1-2H3. The molecule has 0 aromatic carbocycles. The number of methoxy groups -OCH3 is 1. The Morgan fingerprint density at radius 1 is 1.47 bits per heavy atom. The minimum atomic E-state index is -0.366. The van der Waals surface area contributed by atoms with Crippen molar-refractivity contribution < 1.29 is 9.13 Å². The first kappa shape index (κ1) is 10.6. The van der Waals surface area contributed by atoms with E-state index < -0.39 is 0 Å². The predicted octanol–water partition coefficient (Wildman–Crippen LogP) is 2.74. The lowest BCUT2D eigenvalue weighted by molar-refractivity contribution is 0.383. The van der Waals surface area contributed by atoms with Crippen LogP contribution in [0.25, 0.3) is 5.65 Å². The number of aromatic nitrogens is 2. The molecule has 1 aliphatic carbocycles. The van der Waals surface area contributed by atoms with E-state index in [1.165, 1.54) is 20.0 Å². The van der Waals surface area contributed by atoms with Crippen LogP contribution in [0.2, 0.25) is 0 Å². The monoisotopic (exact) mass is 234 g/mol. The fourth-order valence-corrected chi connectivity index (χ4v) is 2.21. The smallest absolute Gasteiger partial charge is 0.208 e.